The van der Waals surface area contributed by atoms with Gasteiger partial charge in [0.15, 0.2) is 6.29 Å². The molecule has 6 heteroatoms. The lowest BCUT2D eigenvalue weighted by atomic mass is 9.75. The molecule has 2 atom stereocenters. The van der Waals surface area contributed by atoms with E-state index in [9.17, 15) is 4.79 Å². The minimum absolute atomic E-state index is 0.403. The van der Waals surface area contributed by atoms with E-state index in [1.807, 2.05) is 98.8 Å². The van der Waals surface area contributed by atoms with Gasteiger partial charge in [0.25, 0.3) is 0 Å². The molecule has 0 radical (unpaired) electrons. The predicted octanol–water partition coefficient (Wildman–Crippen LogP) is 7.60. The number of benzene rings is 4. The van der Waals surface area contributed by atoms with Crippen LogP contribution in [0.3, 0.4) is 0 Å². The van der Waals surface area contributed by atoms with Crippen LogP contribution in [-0.2, 0) is 45.1 Å². The number of aldehydes is 1. The summed E-state index contributed by atoms with van der Waals surface area (Å²) in [5.74, 6) is 1.59. The second-order valence-electron chi connectivity index (χ2n) is 11.5. The van der Waals surface area contributed by atoms with Crippen LogP contribution < -0.4 is 9.47 Å². The average Bonchev–Trinajstić information content (AvgIpc) is 3.60. The molecule has 6 nitrogen and oxygen atoms in total. The van der Waals surface area contributed by atoms with Crippen LogP contribution in [0.5, 0.6) is 11.5 Å². The summed E-state index contributed by atoms with van der Waals surface area (Å²) in [5, 5.41) is 0. The fourth-order valence-corrected chi connectivity index (χ4v) is 6.22. The third kappa shape index (κ3) is 7.00. The van der Waals surface area contributed by atoms with Gasteiger partial charge in [-0.1, -0.05) is 84.9 Å². The van der Waals surface area contributed by atoms with Crippen LogP contribution in [0.2, 0.25) is 0 Å². The third-order valence-electron chi connectivity index (χ3n) is 8.45. The zero-order chi connectivity index (χ0) is 31.8. The molecule has 2 unspecified atom stereocenters. The van der Waals surface area contributed by atoms with Crippen LogP contribution in [0.4, 0.5) is 0 Å². The van der Waals surface area contributed by atoms with Crippen molar-refractivity contribution < 1.29 is 28.5 Å². The highest BCUT2D eigenvalue weighted by atomic mass is 16.7. The quantitative estimate of drug-likeness (QED) is 0.0734. The van der Waals surface area contributed by atoms with E-state index < -0.39 is 18.0 Å². The Morgan fingerprint density at radius 1 is 0.696 bits per heavy atom. The maximum Gasteiger partial charge on any atom is 0.183 e. The molecule has 4 aromatic rings. The van der Waals surface area contributed by atoms with E-state index in [-0.39, 0.29) is 0 Å². The largest absolute Gasteiger partial charge is 0.489 e. The highest BCUT2D eigenvalue weighted by molar-refractivity contribution is 5.83. The maximum absolute atomic E-state index is 12.9. The van der Waals surface area contributed by atoms with Crippen molar-refractivity contribution in [2.45, 2.75) is 57.9 Å². The van der Waals surface area contributed by atoms with Gasteiger partial charge in [0.2, 0.25) is 0 Å². The Hall–Kier alpha value is -4.49. The number of carbonyl (C=O) groups excluding carboxylic acids is 1. The summed E-state index contributed by atoms with van der Waals surface area (Å²) in [5.41, 5.74) is 5.85. The SMILES string of the molecule is CCOC(OCC)C1=C(C=O)C2(Cc3ccc(OCc4ccccc4)cc3)OC1C=C2Cc1ccc(OCc2ccccc2)cc1. The van der Waals surface area contributed by atoms with E-state index in [1.165, 1.54) is 0 Å². The standard InChI is InChI=1S/C40H40O6/c1-3-42-39(43-4-2)38-36(26-41)40(25-30-17-21-35(22-18-30)45-28-32-13-9-6-10-14-32)33(24-37(38)46-40)23-29-15-19-34(20-16-29)44-27-31-11-7-5-8-12-31/h5-22,24,26,37,39H,3-4,23,25,27-28H2,1-2H3. The summed E-state index contributed by atoms with van der Waals surface area (Å²) >= 11 is 0. The van der Waals surface area contributed by atoms with Crippen molar-refractivity contribution in [2.75, 3.05) is 13.2 Å². The number of ether oxygens (including phenoxy) is 5. The monoisotopic (exact) mass is 616 g/mol. The molecule has 0 N–H and O–H groups in total. The van der Waals surface area contributed by atoms with Crippen LogP contribution in [-0.4, -0.2) is 37.5 Å². The molecule has 6 rings (SSSR count). The molecule has 2 heterocycles. The van der Waals surface area contributed by atoms with Crippen LogP contribution in [0.25, 0.3) is 0 Å². The molecule has 0 saturated heterocycles. The van der Waals surface area contributed by atoms with Crippen LogP contribution in [0.15, 0.2) is 132 Å². The Balaban J connectivity index is 1.23. The van der Waals surface area contributed by atoms with Gasteiger partial charge in [0.1, 0.15) is 42.7 Å². The summed E-state index contributed by atoms with van der Waals surface area (Å²) in [6, 6.07) is 36.4. The predicted molar refractivity (Wildman–Crippen MR) is 178 cm³/mol. The molecule has 2 aliphatic heterocycles. The molecular weight excluding hydrogens is 576 g/mol. The molecule has 0 aromatic heterocycles. The molecule has 2 aliphatic rings. The molecule has 0 spiro atoms. The van der Waals surface area contributed by atoms with Gasteiger partial charge in [-0.05, 0) is 78.4 Å². The first kappa shape index (κ1) is 31.5. The summed E-state index contributed by atoms with van der Waals surface area (Å²) < 4.78 is 30.7. The first-order chi connectivity index (χ1) is 22.6. The van der Waals surface area contributed by atoms with Crippen molar-refractivity contribution in [3.8, 4) is 11.5 Å². The van der Waals surface area contributed by atoms with Crippen molar-refractivity contribution in [1.29, 1.82) is 0 Å². The molecule has 0 aliphatic carbocycles. The van der Waals surface area contributed by atoms with Crippen molar-refractivity contribution in [1.82, 2.24) is 0 Å². The Kier molecular flexibility index (Phi) is 10.1. The van der Waals surface area contributed by atoms with Crippen molar-refractivity contribution in [2.24, 2.45) is 0 Å². The van der Waals surface area contributed by atoms with Gasteiger partial charge < -0.3 is 23.7 Å². The minimum Gasteiger partial charge on any atom is -0.489 e. The topological polar surface area (TPSA) is 63.2 Å². The molecule has 0 fully saturated rings. The summed E-state index contributed by atoms with van der Waals surface area (Å²) in [4.78, 5) is 12.9. The zero-order valence-corrected chi connectivity index (χ0v) is 26.4. The Labute approximate surface area is 271 Å². The van der Waals surface area contributed by atoms with E-state index >= 15 is 0 Å². The molecule has 4 aromatic carbocycles. The van der Waals surface area contributed by atoms with Gasteiger partial charge in [0.05, 0.1) is 0 Å². The van der Waals surface area contributed by atoms with Crippen LogP contribution >= 0.6 is 0 Å². The molecule has 0 amide bonds. The van der Waals surface area contributed by atoms with Crippen LogP contribution in [0.1, 0.15) is 36.1 Å². The van der Waals surface area contributed by atoms with Gasteiger partial charge in [0, 0.05) is 30.8 Å². The molecule has 2 bridgehead atoms. The fraction of sp³-hybridized carbons (Fsp3) is 0.275. The smallest absolute Gasteiger partial charge is 0.183 e. The van der Waals surface area contributed by atoms with E-state index in [0.717, 1.165) is 51.2 Å². The lowest BCUT2D eigenvalue weighted by molar-refractivity contribution is -0.118. The highest BCUT2D eigenvalue weighted by Gasteiger charge is 2.55. The second-order valence-corrected chi connectivity index (χ2v) is 11.5. The number of fused-ring (bicyclic) bond motifs is 2. The van der Waals surface area contributed by atoms with Crippen molar-refractivity contribution in [3.05, 3.63) is 154 Å². The van der Waals surface area contributed by atoms with Gasteiger partial charge in [-0.25, -0.2) is 0 Å². The van der Waals surface area contributed by atoms with Gasteiger partial charge in [-0.2, -0.15) is 0 Å². The molecular formula is C40H40O6. The zero-order valence-electron chi connectivity index (χ0n) is 26.4. The number of hydrogen-bond acceptors (Lipinski definition) is 6. The van der Waals surface area contributed by atoms with Gasteiger partial charge >= 0.3 is 0 Å². The minimum atomic E-state index is -0.927. The second kappa shape index (κ2) is 14.7. The van der Waals surface area contributed by atoms with Crippen molar-refractivity contribution in [3.63, 3.8) is 0 Å². The van der Waals surface area contributed by atoms with E-state index in [1.54, 1.807) is 0 Å². The van der Waals surface area contributed by atoms with Gasteiger partial charge in [-0.3, -0.25) is 4.79 Å². The number of rotatable bonds is 16. The van der Waals surface area contributed by atoms with E-state index in [2.05, 4.69) is 30.3 Å². The Bertz CT molecular complexity index is 1640. The summed E-state index contributed by atoms with van der Waals surface area (Å²) in [7, 11) is 0. The summed E-state index contributed by atoms with van der Waals surface area (Å²) in [6.07, 6.45) is 3.16. The lowest BCUT2D eigenvalue weighted by Gasteiger charge is -2.31. The van der Waals surface area contributed by atoms with Gasteiger partial charge in [-0.15, -0.1) is 0 Å². The fourth-order valence-electron chi connectivity index (χ4n) is 6.22. The van der Waals surface area contributed by atoms with E-state index in [0.29, 0.717) is 44.8 Å². The first-order valence-electron chi connectivity index (χ1n) is 15.9. The average molecular weight is 617 g/mol. The molecule has 236 valence electrons. The Morgan fingerprint density at radius 2 is 1.22 bits per heavy atom. The third-order valence-corrected chi connectivity index (χ3v) is 8.45. The lowest BCUT2D eigenvalue weighted by Crippen LogP contribution is -2.37. The number of hydrogen-bond donors (Lipinski definition) is 0. The molecule has 46 heavy (non-hydrogen) atoms. The highest BCUT2D eigenvalue weighted by Crippen LogP contribution is 2.51. The number of carbonyl (C=O) groups is 1. The van der Waals surface area contributed by atoms with Crippen LogP contribution in [0, 0.1) is 0 Å². The summed E-state index contributed by atoms with van der Waals surface area (Å²) in [6.45, 7) is 5.77. The van der Waals surface area contributed by atoms with E-state index in [4.69, 9.17) is 23.7 Å². The maximum atomic E-state index is 12.9. The van der Waals surface area contributed by atoms with Crippen molar-refractivity contribution >= 4 is 6.29 Å². The first-order valence-corrected chi connectivity index (χ1v) is 15.9. The normalized spacial score (nSPS) is 18.6. The molecule has 0 saturated carbocycles. The Morgan fingerprint density at radius 3 is 1.72 bits per heavy atom.